The Morgan fingerprint density at radius 3 is 2.55 bits per heavy atom. The van der Waals surface area contributed by atoms with Crippen molar-refractivity contribution in [3.8, 4) is 5.82 Å². The van der Waals surface area contributed by atoms with E-state index in [0.29, 0.717) is 24.0 Å². The molecule has 0 unspecified atom stereocenters. The Hall–Kier alpha value is -3.86. The van der Waals surface area contributed by atoms with Gasteiger partial charge in [0, 0.05) is 32.1 Å². The number of anilines is 2. The third-order valence-electron chi connectivity index (χ3n) is 6.04. The van der Waals surface area contributed by atoms with Crippen molar-refractivity contribution in [3.05, 3.63) is 71.8 Å². The molecule has 0 bridgehead atoms. The Kier molecular flexibility index (Phi) is 7.20. The molecule has 1 atom stereocenters. The van der Waals surface area contributed by atoms with Crippen LogP contribution in [0.2, 0.25) is 0 Å². The van der Waals surface area contributed by atoms with E-state index in [1.54, 1.807) is 19.2 Å². The molecule has 1 aromatic carbocycles. The van der Waals surface area contributed by atoms with Gasteiger partial charge in [-0.15, -0.1) is 0 Å². The summed E-state index contributed by atoms with van der Waals surface area (Å²) in [5, 5.41) is 9.52. The van der Waals surface area contributed by atoms with Crippen LogP contribution in [0, 0.1) is 12.5 Å². The third kappa shape index (κ3) is 5.69. The molecule has 170 valence electrons. The van der Waals surface area contributed by atoms with Gasteiger partial charge in [-0.05, 0) is 36.5 Å². The summed E-state index contributed by atoms with van der Waals surface area (Å²) in [6, 6.07) is 12.7. The predicted octanol–water partition coefficient (Wildman–Crippen LogP) is 4.54. The van der Waals surface area contributed by atoms with E-state index in [9.17, 15) is 4.79 Å². The van der Waals surface area contributed by atoms with Crippen molar-refractivity contribution >= 4 is 23.4 Å². The molecule has 1 aliphatic rings. The van der Waals surface area contributed by atoms with Gasteiger partial charge in [0.05, 0.1) is 6.57 Å². The first kappa shape index (κ1) is 22.3. The molecular weight excluding hydrogens is 414 g/mol. The average molecular weight is 444 g/mol. The lowest BCUT2D eigenvalue weighted by Crippen LogP contribution is -2.45. The highest BCUT2D eigenvalue weighted by Crippen LogP contribution is 2.29. The zero-order valence-corrected chi connectivity index (χ0v) is 18.8. The average Bonchev–Trinajstić information content (AvgIpc) is 3.42. The van der Waals surface area contributed by atoms with Crippen LogP contribution < -0.4 is 16.0 Å². The van der Waals surface area contributed by atoms with Crippen LogP contribution in [-0.4, -0.2) is 33.5 Å². The van der Waals surface area contributed by atoms with Gasteiger partial charge in [-0.1, -0.05) is 43.5 Å². The Balaban J connectivity index is 1.53. The fraction of sp³-hybridized carbons (Fsp3) is 0.360. The molecule has 0 spiro atoms. The number of aromatic nitrogens is 3. The highest BCUT2D eigenvalue weighted by Gasteiger charge is 2.30. The second-order valence-electron chi connectivity index (χ2n) is 8.29. The summed E-state index contributed by atoms with van der Waals surface area (Å²) in [5.74, 6) is 2.04. The van der Waals surface area contributed by atoms with Gasteiger partial charge in [0.1, 0.15) is 17.7 Å². The largest absolute Gasteiger partial charge is 0.358 e. The third-order valence-corrected chi connectivity index (χ3v) is 6.04. The molecule has 2 aromatic heterocycles. The lowest BCUT2D eigenvalue weighted by atomic mass is 9.83. The Labute approximate surface area is 194 Å². The van der Waals surface area contributed by atoms with Crippen LogP contribution in [0.4, 0.5) is 17.5 Å². The van der Waals surface area contributed by atoms with E-state index in [1.807, 2.05) is 47.3 Å². The Morgan fingerprint density at radius 1 is 1.15 bits per heavy atom. The van der Waals surface area contributed by atoms with Gasteiger partial charge < -0.3 is 20.5 Å². The number of rotatable bonds is 8. The quantitative estimate of drug-likeness (QED) is 0.445. The van der Waals surface area contributed by atoms with Crippen molar-refractivity contribution in [2.75, 3.05) is 17.7 Å². The smallest absolute Gasteiger partial charge is 0.243 e. The summed E-state index contributed by atoms with van der Waals surface area (Å²) in [4.78, 5) is 25.8. The van der Waals surface area contributed by atoms with Gasteiger partial charge in [0.25, 0.3) is 0 Å². The summed E-state index contributed by atoms with van der Waals surface area (Å²) in [6.07, 6.45) is 9.36. The number of hydrogen-bond acceptors (Lipinski definition) is 5. The van der Waals surface area contributed by atoms with E-state index >= 15 is 0 Å². The molecule has 8 heteroatoms. The molecular formula is C25H29N7O. The van der Waals surface area contributed by atoms with Crippen LogP contribution in [0.1, 0.15) is 37.7 Å². The van der Waals surface area contributed by atoms with Gasteiger partial charge in [-0.25, -0.2) is 4.85 Å². The summed E-state index contributed by atoms with van der Waals surface area (Å²) in [7, 11) is 1.78. The first-order chi connectivity index (χ1) is 16.2. The minimum Gasteiger partial charge on any atom is -0.358 e. The van der Waals surface area contributed by atoms with Gasteiger partial charge in [0.15, 0.2) is 5.69 Å². The molecule has 0 saturated heterocycles. The van der Waals surface area contributed by atoms with Crippen LogP contribution in [-0.2, 0) is 11.3 Å². The number of carbonyl (C=O) groups is 1. The zero-order chi connectivity index (χ0) is 23.0. The molecule has 2 heterocycles. The Morgan fingerprint density at radius 2 is 1.88 bits per heavy atom. The number of nitrogens with zero attached hydrogens (tertiary/aromatic N) is 4. The maximum atomic E-state index is 13.3. The second-order valence-corrected chi connectivity index (χ2v) is 8.29. The van der Waals surface area contributed by atoms with Gasteiger partial charge in [0.2, 0.25) is 11.9 Å². The van der Waals surface area contributed by atoms with Crippen molar-refractivity contribution < 1.29 is 4.79 Å². The highest BCUT2D eigenvalue weighted by molar-refractivity contribution is 5.84. The minimum absolute atomic E-state index is 0.0386. The van der Waals surface area contributed by atoms with Gasteiger partial charge >= 0.3 is 0 Å². The van der Waals surface area contributed by atoms with E-state index in [-0.39, 0.29) is 17.9 Å². The number of carbonyl (C=O) groups excluding carboxylic acids is 1. The molecule has 0 aliphatic heterocycles. The molecule has 3 N–H and O–H groups in total. The monoisotopic (exact) mass is 443 g/mol. The maximum Gasteiger partial charge on any atom is 0.243 e. The minimum atomic E-state index is -0.384. The SMILES string of the molecule is [C-]#[N+]c1ccc(CNC(=O)[C@H](Nc2cc(-n3cccc3)nc(NC)n2)C2CCCCC2)cc1. The number of benzene rings is 1. The topological polar surface area (TPSA) is 88.2 Å². The van der Waals surface area contributed by atoms with Crippen LogP contribution in [0.15, 0.2) is 54.9 Å². The van der Waals surface area contributed by atoms with Gasteiger partial charge in [-0.3, -0.25) is 4.79 Å². The van der Waals surface area contributed by atoms with Crippen LogP contribution in [0.3, 0.4) is 0 Å². The molecule has 8 nitrogen and oxygen atoms in total. The number of nitrogens with one attached hydrogen (secondary N) is 3. The van der Waals surface area contributed by atoms with Crippen molar-refractivity contribution in [1.29, 1.82) is 0 Å². The molecule has 1 fully saturated rings. The van der Waals surface area contributed by atoms with Crippen molar-refractivity contribution in [1.82, 2.24) is 19.9 Å². The van der Waals surface area contributed by atoms with E-state index in [1.165, 1.54) is 6.42 Å². The Bertz CT molecular complexity index is 1100. The standard InChI is InChI=1S/C25H29N7O/c1-26-20-12-10-18(11-13-20)17-28-24(33)23(19-8-4-3-5-9-19)29-21-16-22(31-25(27-2)30-21)32-14-6-7-15-32/h6-7,10-16,19,23H,3-5,8-9,17H2,2H3,(H,28,33)(H2,27,29,30,31)/t23-/m1/s1. The highest BCUT2D eigenvalue weighted by atomic mass is 16.2. The van der Waals surface area contributed by atoms with Crippen molar-refractivity contribution in [2.24, 2.45) is 5.92 Å². The van der Waals surface area contributed by atoms with E-state index in [4.69, 9.17) is 6.57 Å². The molecule has 1 amide bonds. The molecule has 3 aromatic rings. The van der Waals surface area contributed by atoms with Crippen molar-refractivity contribution in [3.63, 3.8) is 0 Å². The molecule has 1 saturated carbocycles. The zero-order valence-electron chi connectivity index (χ0n) is 18.8. The van der Waals surface area contributed by atoms with E-state index in [0.717, 1.165) is 37.1 Å². The summed E-state index contributed by atoms with van der Waals surface area (Å²) in [6.45, 7) is 7.50. The lowest BCUT2D eigenvalue weighted by Gasteiger charge is -2.30. The molecule has 4 rings (SSSR count). The first-order valence-corrected chi connectivity index (χ1v) is 11.4. The maximum absolute atomic E-state index is 13.3. The summed E-state index contributed by atoms with van der Waals surface area (Å²) >= 11 is 0. The van der Waals surface area contributed by atoms with Crippen LogP contribution in [0.5, 0.6) is 0 Å². The summed E-state index contributed by atoms with van der Waals surface area (Å²) < 4.78 is 1.91. The van der Waals surface area contributed by atoms with E-state index < -0.39 is 0 Å². The molecule has 1 aliphatic carbocycles. The lowest BCUT2D eigenvalue weighted by molar-refractivity contribution is -0.123. The van der Waals surface area contributed by atoms with Gasteiger partial charge in [-0.2, -0.15) is 9.97 Å². The van der Waals surface area contributed by atoms with E-state index in [2.05, 4.69) is 30.8 Å². The second kappa shape index (κ2) is 10.6. The molecule has 33 heavy (non-hydrogen) atoms. The molecule has 0 radical (unpaired) electrons. The fourth-order valence-electron chi connectivity index (χ4n) is 4.25. The predicted molar refractivity (Wildman–Crippen MR) is 129 cm³/mol. The van der Waals surface area contributed by atoms with Crippen LogP contribution in [0.25, 0.3) is 10.7 Å². The fourth-order valence-corrected chi connectivity index (χ4v) is 4.25. The van der Waals surface area contributed by atoms with Crippen LogP contribution >= 0.6 is 0 Å². The number of hydrogen-bond donors (Lipinski definition) is 3. The first-order valence-electron chi connectivity index (χ1n) is 11.4. The van der Waals surface area contributed by atoms with Crippen molar-refractivity contribution in [2.45, 2.75) is 44.7 Å². The number of amides is 1. The normalized spacial score (nSPS) is 14.8. The summed E-state index contributed by atoms with van der Waals surface area (Å²) in [5.41, 5.74) is 1.56.